The lowest BCUT2D eigenvalue weighted by Gasteiger charge is -2.40. The van der Waals surface area contributed by atoms with Crippen LogP contribution in [0, 0.1) is 5.41 Å². The van der Waals surface area contributed by atoms with Crippen LogP contribution in [0.3, 0.4) is 0 Å². The summed E-state index contributed by atoms with van der Waals surface area (Å²) in [7, 11) is 0. The summed E-state index contributed by atoms with van der Waals surface area (Å²) in [5.41, 5.74) is -0.174. The Kier molecular flexibility index (Phi) is 5.22. The van der Waals surface area contributed by atoms with Crippen molar-refractivity contribution >= 4 is 0 Å². The standard InChI is InChI=1S/C15H31NO2/c1-13(2,3)18-11-10-16-12-15(17)8-6-14(4,5)7-9-15/h16-17H,6-12H2,1-5H3. The molecule has 1 saturated carbocycles. The first kappa shape index (κ1) is 15.9. The number of rotatable bonds is 5. The van der Waals surface area contributed by atoms with Crippen LogP contribution in [0.25, 0.3) is 0 Å². The van der Waals surface area contributed by atoms with Gasteiger partial charge in [-0.2, -0.15) is 0 Å². The van der Waals surface area contributed by atoms with Gasteiger partial charge in [0.2, 0.25) is 0 Å². The van der Waals surface area contributed by atoms with Crippen molar-refractivity contribution in [1.82, 2.24) is 5.32 Å². The molecule has 0 spiro atoms. The van der Waals surface area contributed by atoms with Gasteiger partial charge in [-0.05, 0) is 51.9 Å². The molecule has 0 unspecified atom stereocenters. The number of aliphatic hydroxyl groups is 1. The van der Waals surface area contributed by atoms with E-state index in [0.717, 1.165) is 32.2 Å². The normalized spacial score (nSPS) is 23.0. The fourth-order valence-corrected chi connectivity index (χ4v) is 2.32. The average molecular weight is 257 g/mol. The minimum Gasteiger partial charge on any atom is -0.389 e. The van der Waals surface area contributed by atoms with Crippen LogP contribution in [-0.4, -0.2) is 36.0 Å². The molecule has 3 heteroatoms. The zero-order valence-corrected chi connectivity index (χ0v) is 12.8. The van der Waals surface area contributed by atoms with Gasteiger partial charge in [0.1, 0.15) is 0 Å². The molecule has 2 N–H and O–H groups in total. The van der Waals surface area contributed by atoms with E-state index in [1.54, 1.807) is 0 Å². The molecule has 3 nitrogen and oxygen atoms in total. The SMILES string of the molecule is CC1(C)CCC(O)(CNCCOC(C)(C)C)CC1. The van der Waals surface area contributed by atoms with Crippen molar-refractivity contribution in [3.8, 4) is 0 Å². The molecule has 0 saturated heterocycles. The molecule has 1 aliphatic carbocycles. The lowest BCUT2D eigenvalue weighted by Crippen LogP contribution is -2.45. The van der Waals surface area contributed by atoms with Crippen LogP contribution in [0.15, 0.2) is 0 Å². The first-order chi connectivity index (χ1) is 8.12. The highest BCUT2D eigenvalue weighted by Crippen LogP contribution is 2.39. The highest BCUT2D eigenvalue weighted by Gasteiger charge is 2.36. The maximum atomic E-state index is 10.5. The van der Waals surface area contributed by atoms with Crippen molar-refractivity contribution in [2.24, 2.45) is 5.41 Å². The van der Waals surface area contributed by atoms with Crippen molar-refractivity contribution in [3.05, 3.63) is 0 Å². The molecule has 0 heterocycles. The quantitative estimate of drug-likeness (QED) is 0.744. The van der Waals surface area contributed by atoms with Gasteiger partial charge in [-0.25, -0.2) is 0 Å². The fraction of sp³-hybridized carbons (Fsp3) is 1.00. The molecule has 1 aliphatic rings. The van der Waals surface area contributed by atoms with Crippen LogP contribution in [0.4, 0.5) is 0 Å². The third kappa shape index (κ3) is 6.17. The summed E-state index contributed by atoms with van der Waals surface area (Å²) in [6.07, 6.45) is 4.05. The van der Waals surface area contributed by atoms with Crippen LogP contribution >= 0.6 is 0 Å². The monoisotopic (exact) mass is 257 g/mol. The Labute approximate surface area is 112 Å². The van der Waals surface area contributed by atoms with Gasteiger partial charge in [0.25, 0.3) is 0 Å². The second-order valence-electron chi connectivity index (χ2n) is 7.53. The minimum atomic E-state index is -0.503. The Morgan fingerprint density at radius 3 is 2.17 bits per heavy atom. The molecule has 0 aromatic heterocycles. The highest BCUT2D eigenvalue weighted by molar-refractivity contribution is 4.90. The van der Waals surface area contributed by atoms with E-state index in [4.69, 9.17) is 4.74 Å². The van der Waals surface area contributed by atoms with E-state index in [9.17, 15) is 5.11 Å². The van der Waals surface area contributed by atoms with Gasteiger partial charge >= 0.3 is 0 Å². The maximum Gasteiger partial charge on any atom is 0.0772 e. The summed E-state index contributed by atoms with van der Waals surface area (Å²) < 4.78 is 5.64. The second-order valence-corrected chi connectivity index (χ2v) is 7.53. The van der Waals surface area contributed by atoms with Gasteiger partial charge in [-0.15, -0.1) is 0 Å². The maximum absolute atomic E-state index is 10.5. The smallest absolute Gasteiger partial charge is 0.0772 e. The summed E-state index contributed by atoms with van der Waals surface area (Å²) in [4.78, 5) is 0. The third-order valence-electron chi connectivity index (χ3n) is 3.80. The molecule has 108 valence electrons. The molecule has 1 fully saturated rings. The molecule has 0 bridgehead atoms. The number of hydrogen-bond donors (Lipinski definition) is 2. The van der Waals surface area contributed by atoms with E-state index in [-0.39, 0.29) is 5.60 Å². The largest absolute Gasteiger partial charge is 0.389 e. The Morgan fingerprint density at radius 1 is 1.11 bits per heavy atom. The van der Waals surface area contributed by atoms with Crippen molar-refractivity contribution in [3.63, 3.8) is 0 Å². The van der Waals surface area contributed by atoms with Crippen LogP contribution in [0.2, 0.25) is 0 Å². The molecular formula is C15H31NO2. The molecule has 18 heavy (non-hydrogen) atoms. The van der Waals surface area contributed by atoms with Crippen molar-refractivity contribution in [2.75, 3.05) is 19.7 Å². The van der Waals surface area contributed by atoms with Gasteiger partial charge < -0.3 is 15.2 Å². The van der Waals surface area contributed by atoms with Gasteiger partial charge in [0.05, 0.1) is 17.8 Å². The van der Waals surface area contributed by atoms with Crippen molar-refractivity contribution in [2.45, 2.75) is 71.5 Å². The molecular weight excluding hydrogens is 226 g/mol. The third-order valence-corrected chi connectivity index (χ3v) is 3.80. The van der Waals surface area contributed by atoms with E-state index in [1.165, 1.54) is 0 Å². The van der Waals surface area contributed by atoms with E-state index in [2.05, 4.69) is 39.9 Å². The first-order valence-electron chi connectivity index (χ1n) is 7.19. The van der Waals surface area contributed by atoms with E-state index in [1.807, 2.05) is 0 Å². The lowest BCUT2D eigenvalue weighted by atomic mass is 9.71. The van der Waals surface area contributed by atoms with Gasteiger partial charge in [-0.3, -0.25) is 0 Å². The zero-order chi connectivity index (χ0) is 13.9. The van der Waals surface area contributed by atoms with Crippen molar-refractivity contribution in [1.29, 1.82) is 0 Å². The van der Waals surface area contributed by atoms with E-state index >= 15 is 0 Å². The van der Waals surface area contributed by atoms with Gasteiger partial charge in [0, 0.05) is 13.1 Å². The Bertz CT molecular complexity index is 246. The molecule has 0 aromatic rings. The van der Waals surface area contributed by atoms with Crippen molar-refractivity contribution < 1.29 is 9.84 Å². The molecule has 0 aliphatic heterocycles. The van der Waals surface area contributed by atoms with E-state index in [0.29, 0.717) is 18.6 Å². The number of nitrogens with one attached hydrogen (secondary N) is 1. The zero-order valence-electron chi connectivity index (χ0n) is 12.8. The second kappa shape index (κ2) is 5.89. The van der Waals surface area contributed by atoms with Crippen LogP contribution in [-0.2, 0) is 4.74 Å². The predicted octanol–water partition coefficient (Wildman–Crippen LogP) is 2.72. The van der Waals surface area contributed by atoms with E-state index < -0.39 is 5.60 Å². The molecule has 0 radical (unpaired) electrons. The average Bonchev–Trinajstić information content (AvgIpc) is 2.21. The molecule has 1 rings (SSSR count). The Balaban J connectivity index is 2.16. The lowest BCUT2D eigenvalue weighted by molar-refractivity contribution is -0.0299. The Hall–Kier alpha value is -0.120. The molecule has 0 aromatic carbocycles. The van der Waals surface area contributed by atoms with Crippen LogP contribution in [0.1, 0.15) is 60.3 Å². The predicted molar refractivity (Wildman–Crippen MR) is 75.8 cm³/mol. The summed E-state index contributed by atoms with van der Waals surface area (Å²) in [6.45, 7) is 13.0. The summed E-state index contributed by atoms with van der Waals surface area (Å²) in [5, 5.41) is 13.8. The fourth-order valence-electron chi connectivity index (χ4n) is 2.32. The van der Waals surface area contributed by atoms with Gasteiger partial charge in [-0.1, -0.05) is 13.8 Å². The summed E-state index contributed by atoms with van der Waals surface area (Å²) in [6, 6.07) is 0. The Morgan fingerprint density at radius 2 is 1.67 bits per heavy atom. The highest BCUT2D eigenvalue weighted by atomic mass is 16.5. The molecule has 0 amide bonds. The summed E-state index contributed by atoms with van der Waals surface area (Å²) in [5.74, 6) is 0. The molecule has 0 atom stereocenters. The number of hydrogen-bond acceptors (Lipinski definition) is 3. The summed E-state index contributed by atoms with van der Waals surface area (Å²) >= 11 is 0. The van der Waals surface area contributed by atoms with Crippen LogP contribution < -0.4 is 5.32 Å². The van der Waals surface area contributed by atoms with Crippen LogP contribution in [0.5, 0.6) is 0 Å². The number of ether oxygens (including phenoxy) is 1. The topological polar surface area (TPSA) is 41.5 Å². The minimum absolute atomic E-state index is 0.0759. The first-order valence-corrected chi connectivity index (χ1v) is 7.19. The van der Waals surface area contributed by atoms with Gasteiger partial charge in [0.15, 0.2) is 0 Å².